The van der Waals surface area contributed by atoms with Gasteiger partial charge in [-0.2, -0.15) is 18.3 Å². The summed E-state index contributed by atoms with van der Waals surface area (Å²) in [6.45, 7) is 0. The molecule has 1 aromatic heterocycles. The van der Waals surface area contributed by atoms with Gasteiger partial charge in [0.15, 0.2) is 5.69 Å². The van der Waals surface area contributed by atoms with Crippen LogP contribution in [0.3, 0.4) is 0 Å². The van der Waals surface area contributed by atoms with E-state index in [1.165, 1.54) is 0 Å². The molecule has 17 heavy (non-hydrogen) atoms. The maximum Gasteiger partial charge on any atom is 0.435 e. The lowest BCUT2D eigenvalue weighted by atomic mass is 9.79. The molecule has 1 heterocycles. The summed E-state index contributed by atoms with van der Waals surface area (Å²) in [6.07, 6.45) is -2.97. The maximum atomic E-state index is 12.4. The lowest BCUT2D eigenvalue weighted by Gasteiger charge is -2.34. The van der Waals surface area contributed by atoms with Crippen LogP contribution in [-0.2, 0) is 11.7 Å². The van der Waals surface area contributed by atoms with E-state index in [2.05, 4.69) is 10.2 Å². The molecule has 2 rings (SSSR count). The Labute approximate surface area is 96.0 Å². The summed E-state index contributed by atoms with van der Waals surface area (Å²) in [5.41, 5.74) is 4.55. The van der Waals surface area contributed by atoms with Crippen LogP contribution >= 0.6 is 0 Å². The van der Waals surface area contributed by atoms with Crippen molar-refractivity contribution in [1.82, 2.24) is 10.2 Å². The molecular formula is C10H14F3N3O. The summed E-state index contributed by atoms with van der Waals surface area (Å²) in [5.74, 6) is 0. The first-order chi connectivity index (χ1) is 7.81. The molecule has 0 atom stereocenters. The molecule has 0 amide bonds. The number of hydrogen-bond acceptors (Lipinski definition) is 3. The minimum absolute atomic E-state index is 0.289. The van der Waals surface area contributed by atoms with E-state index < -0.39 is 23.5 Å². The Kier molecular flexibility index (Phi) is 2.90. The zero-order valence-electron chi connectivity index (χ0n) is 9.09. The SMILES string of the molecule is NC1(c2cc(C(F)(F)F)n[nH]2)CCC(O)CC1. The van der Waals surface area contributed by atoms with Gasteiger partial charge < -0.3 is 10.8 Å². The number of nitrogens with one attached hydrogen (secondary N) is 1. The number of aliphatic hydroxyl groups excluding tert-OH is 1. The number of alkyl halides is 3. The Morgan fingerprint density at radius 3 is 2.47 bits per heavy atom. The third kappa shape index (κ3) is 2.44. The molecule has 1 aliphatic rings. The molecule has 4 nitrogen and oxygen atoms in total. The molecule has 0 aromatic carbocycles. The minimum Gasteiger partial charge on any atom is -0.393 e. The number of halogens is 3. The van der Waals surface area contributed by atoms with Gasteiger partial charge in [-0.3, -0.25) is 5.10 Å². The minimum atomic E-state index is -4.46. The maximum absolute atomic E-state index is 12.4. The fourth-order valence-corrected chi connectivity index (χ4v) is 2.11. The van der Waals surface area contributed by atoms with Crippen molar-refractivity contribution >= 4 is 0 Å². The van der Waals surface area contributed by atoms with Crippen molar-refractivity contribution in [3.8, 4) is 0 Å². The number of nitrogens with zero attached hydrogens (tertiary/aromatic N) is 1. The van der Waals surface area contributed by atoms with Crippen LogP contribution in [0.15, 0.2) is 6.07 Å². The molecule has 1 aromatic rings. The van der Waals surface area contributed by atoms with Crippen LogP contribution in [0.1, 0.15) is 37.1 Å². The average Bonchev–Trinajstić information content (AvgIpc) is 2.72. The van der Waals surface area contributed by atoms with Gasteiger partial charge in [-0.25, -0.2) is 0 Å². The summed E-state index contributed by atoms with van der Waals surface area (Å²) in [6, 6.07) is 0.956. The predicted molar refractivity (Wildman–Crippen MR) is 53.9 cm³/mol. The highest BCUT2D eigenvalue weighted by Crippen LogP contribution is 2.36. The first-order valence-electron chi connectivity index (χ1n) is 5.41. The number of aliphatic hydroxyl groups is 1. The third-order valence-electron chi connectivity index (χ3n) is 3.25. The zero-order valence-corrected chi connectivity index (χ0v) is 9.09. The van der Waals surface area contributed by atoms with Crippen LogP contribution < -0.4 is 5.73 Å². The Morgan fingerprint density at radius 1 is 1.41 bits per heavy atom. The molecule has 0 unspecified atom stereocenters. The van der Waals surface area contributed by atoms with Gasteiger partial charge in [0, 0.05) is 0 Å². The van der Waals surface area contributed by atoms with Gasteiger partial charge in [0.25, 0.3) is 0 Å². The normalized spacial score (nSPS) is 30.5. The summed E-state index contributed by atoms with van der Waals surface area (Å²) in [7, 11) is 0. The largest absolute Gasteiger partial charge is 0.435 e. The van der Waals surface area contributed by atoms with Crippen molar-refractivity contribution in [3.63, 3.8) is 0 Å². The topological polar surface area (TPSA) is 74.9 Å². The Balaban J connectivity index is 2.20. The molecule has 0 bridgehead atoms. The lowest BCUT2D eigenvalue weighted by Crippen LogP contribution is -2.42. The zero-order chi connectivity index (χ0) is 12.7. The van der Waals surface area contributed by atoms with E-state index in [0.717, 1.165) is 6.07 Å². The highest BCUT2D eigenvalue weighted by Gasteiger charge is 2.39. The van der Waals surface area contributed by atoms with Crippen molar-refractivity contribution < 1.29 is 18.3 Å². The second-order valence-corrected chi connectivity index (χ2v) is 4.55. The van der Waals surface area contributed by atoms with Gasteiger partial charge in [-0.1, -0.05) is 0 Å². The Hall–Kier alpha value is -1.08. The van der Waals surface area contributed by atoms with E-state index >= 15 is 0 Å². The van der Waals surface area contributed by atoms with E-state index in [9.17, 15) is 18.3 Å². The molecule has 0 saturated heterocycles. The number of nitrogens with two attached hydrogens (primary N) is 1. The van der Waals surface area contributed by atoms with E-state index in [1.807, 2.05) is 0 Å². The number of rotatable bonds is 1. The summed E-state index contributed by atoms with van der Waals surface area (Å²) in [5, 5.41) is 15.0. The van der Waals surface area contributed by atoms with Crippen LogP contribution in [0.2, 0.25) is 0 Å². The first kappa shape index (κ1) is 12.4. The number of H-pyrrole nitrogens is 1. The first-order valence-corrected chi connectivity index (χ1v) is 5.41. The summed E-state index contributed by atoms with van der Waals surface area (Å²) >= 11 is 0. The van der Waals surface area contributed by atoms with Gasteiger partial charge in [0.05, 0.1) is 17.3 Å². The predicted octanol–water partition coefficient (Wildman–Crippen LogP) is 1.52. The fourth-order valence-electron chi connectivity index (χ4n) is 2.11. The molecule has 0 radical (unpaired) electrons. The molecule has 4 N–H and O–H groups in total. The quantitative estimate of drug-likeness (QED) is 0.706. The number of aromatic amines is 1. The van der Waals surface area contributed by atoms with Gasteiger partial charge in [-0.15, -0.1) is 0 Å². The molecule has 7 heteroatoms. The van der Waals surface area contributed by atoms with E-state index in [4.69, 9.17) is 5.73 Å². The van der Waals surface area contributed by atoms with Crippen molar-refractivity contribution in [2.45, 2.75) is 43.5 Å². The van der Waals surface area contributed by atoms with Crippen LogP contribution in [0, 0.1) is 0 Å². The van der Waals surface area contributed by atoms with Crippen molar-refractivity contribution in [1.29, 1.82) is 0 Å². The van der Waals surface area contributed by atoms with Crippen LogP contribution in [0.4, 0.5) is 13.2 Å². The van der Waals surface area contributed by atoms with Gasteiger partial charge in [0.1, 0.15) is 0 Å². The van der Waals surface area contributed by atoms with Gasteiger partial charge in [-0.05, 0) is 31.7 Å². The Morgan fingerprint density at radius 2 is 2.00 bits per heavy atom. The Bertz CT molecular complexity index is 394. The van der Waals surface area contributed by atoms with Gasteiger partial charge >= 0.3 is 6.18 Å². The smallest absolute Gasteiger partial charge is 0.393 e. The number of aromatic nitrogens is 2. The van der Waals surface area contributed by atoms with Gasteiger partial charge in [0.2, 0.25) is 0 Å². The fraction of sp³-hybridized carbons (Fsp3) is 0.700. The highest BCUT2D eigenvalue weighted by atomic mass is 19.4. The molecule has 1 aliphatic carbocycles. The van der Waals surface area contributed by atoms with Crippen molar-refractivity contribution in [2.75, 3.05) is 0 Å². The van der Waals surface area contributed by atoms with Crippen LogP contribution in [0.25, 0.3) is 0 Å². The van der Waals surface area contributed by atoms with Crippen LogP contribution in [-0.4, -0.2) is 21.4 Å². The summed E-state index contributed by atoms with van der Waals surface area (Å²) < 4.78 is 37.2. The second kappa shape index (κ2) is 3.99. The van der Waals surface area contributed by atoms with Crippen molar-refractivity contribution in [2.24, 2.45) is 5.73 Å². The number of hydrogen-bond donors (Lipinski definition) is 3. The second-order valence-electron chi connectivity index (χ2n) is 4.55. The third-order valence-corrected chi connectivity index (χ3v) is 3.25. The van der Waals surface area contributed by atoms with Crippen LogP contribution in [0.5, 0.6) is 0 Å². The van der Waals surface area contributed by atoms with E-state index in [1.54, 1.807) is 0 Å². The molecule has 0 aliphatic heterocycles. The van der Waals surface area contributed by atoms with E-state index in [-0.39, 0.29) is 5.69 Å². The lowest BCUT2D eigenvalue weighted by molar-refractivity contribution is -0.141. The van der Waals surface area contributed by atoms with E-state index in [0.29, 0.717) is 25.7 Å². The molecule has 96 valence electrons. The molecule has 1 saturated carbocycles. The summed E-state index contributed by atoms with van der Waals surface area (Å²) in [4.78, 5) is 0. The standard InChI is InChI=1S/C10H14F3N3O/c11-10(12,13)8-5-7(15-16-8)9(14)3-1-6(17)2-4-9/h5-6,17H,1-4,14H2,(H,15,16). The highest BCUT2D eigenvalue weighted by molar-refractivity contribution is 5.20. The molecule has 0 spiro atoms. The molecular weight excluding hydrogens is 235 g/mol. The monoisotopic (exact) mass is 249 g/mol. The average molecular weight is 249 g/mol. The van der Waals surface area contributed by atoms with Crippen molar-refractivity contribution in [3.05, 3.63) is 17.5 Å². The molecule has 1 fully saturated rings.